The standard InChI is InChI=1S/C22H26N4O2/c1-22(2,3)28-21(27)24-12-6-9-18-20(23)25-14-19(26-18)17-11-10-15-7-4-5-8-16(15)13-17/h4-5,7-8,10-11,13-14H,6,9,12H2,1-3H3,(H2,23,25)(H,24,27). The summed E-state index contributed by atoms with van der Waals surface area (Å²) in [6.45, 7) is 5.99. The van der Waals surface area contributed by atoms with Crippen LogP contribution in [-0.4, -0.2) is 28.2 Å². The van der Waals surface area contributed by atoms with Crippen molar-refractivity contribution >= 4 is 22.7 Å². The fourth-order valence-corrected chi connectivity index (χ4v) is 2.87. The van der Waals surface area contributed by atoms with E-state index in [4.69, 9.17) is 15.5 Å². The van der Waals surface area contributed by atoms with E-state index in [1.165, 1.54) is 5.39 Å². The molecule has 3 rings (SSSR count). The van der Waals surface area contributed by atoms with Gasteiger partial charge in [-0.1, -0.05) is 36.4 Å². The Morgan fingerprint density at radius 2 is 1.89 bits per heavy atom. The minimum Gasteiger partial charge on any atom is -0.444 e. The molecule has 0 radical (unpaired) electrons. The number of benzene rings is 2. The number of nitrogens with one attached hydrogen (secondary N) is 1. The molecule has 0 saturated carbocycles. The Morgan fingerprint density at radius 3 is 2.64 bits per heavy atom. The average molecular weight is 378 g/mol. The Labute approximate surface area is 165 Å². The monoisotopic (exact) mass is 378 g/mol. The topological polar surface area (TPSA) is 90.1 Å². The fraction of sp³-hybridized carbons (Fsp3) is 0.318. The molecule has 6 nitrogen and oxygen atoms in total. The molecule has 0 unspecified atom stereocenters. The summed E-state index contributed by atoms with van der Waals surface area (Å²) in [5.74, 6) is 0.418. The molecule has 1 aromatic heterocycles. The van der Waals surface area contributed by atoms with Gasteiger partial charge in [-0.15, -0.1) is 0 Å². The summed E-state index contributed by atoms with van der Waals surface area (Å²) in [6, 6.07) is 14.4. The van der Waals surface area contributed by atoms with E-state index in [2.05, 4.69) is 34.6 Å². The molecule has 1 amide bonds. The number of carbonyl (C=O) groups excluding carboxylic acids is 1. The van der Waals surface area contributed by atoms with Gasteiger partial charge < -0.3 is 15.8 Å². The summed E-state index contributed by atoms with van der Waals surface area (Å²) >= 11 is 0. The first-order valence-corrected chi connectivity index (χ1v) is 9.39. The van der Waals surface area contributed by atoms with E-state index < -0.39 is 11.7 Å². The number of aromatic nitrogens is 2. The molecular weight excluding hydrogens is 352 g/mol. The zero-order chi connectivity index (χ0) is 20.1. The highest BCUT2D eigenvalue weighted by atomic mass is 16.6. The fourth-order valence-electron chi connectivity index (χ4n) is 2.87. The second-order valence-electron chi connectivity index (χ2n) is 7.68. The minimum absolute atomic E-state index is 0.418. The quantitative estimate of drug-likeness (QED) is 0.645. The van der Waals surface area contributed by atoms with Gasteiger partial charge in [0.15, 0.2) is 0 Å². The molecule has 0 saturated heterocycles. The molecular formula is C22H26N4O2. The van der Waals surface area contributed by atoms with Crippen molar-refractivity contribution in [1.29, 1.82) is 0 Å². The van der Waals surface area contributed by atoms with Crippen LogP contribution in [0.3, 0.4) is 0 Å². The van der Waals surface area contributed by atoms with E-state index in [0.717, 1.165) is 22.3 Å². The van der Waals surface area contributed by atoms with Crippen LogP contribution < -0.4 is 11.1 Å². The number of ether oxygens (including phenoxy) is 1. The molecule has 0 aliphatic heterocycles. The number of nitrogen functional groups attached to an aromatic ring is 1. The molecule has 3 N–H and O–H groups in total. The SMILES string of the molecule is CC(C)(C)OC(=O)NCCCc1nc(-c2ccc3ccccc3c2)cnc1N. The van der Waals surface area contributed by atoms with Gasteiger partial charge in [-0.05, 0) is 50.5 Å². The number of nitrogens with zero attached hydrogens (tertiary/aromatic N) is 2. The Hall–Kier alpha value is -3.15. The highest BCUT2D eigenvalue weighted by molar-refractivity contribution is 5.86. The summed E-state index contributed by atoms with van der Waals surface area (Å²) in [4.78, 5) is 20.7. The Morgan fingerprint density at radius 1 is 1.14 bits per heavy atom. The largest absolute Gasteiger partial charge is 0.444 e. The maximum atomic E-state index is 11.7. The normalized spacial score (nSPS) is 11.4. The number of hydrogen-bond acceptors (Lipinski definition) is 5. The molecule has 6 heteroatoms. The maximum absolute atomic E-state index is 11.7. The molecule has 0 bridgehead atoms. The maximum Gasteiger partial charge on any atom is 0.407 e. The zero-order valence-electron chi connectivity index (χ0n) is 16.5. The number of aryl methyl sites for hydroxylation is 1. The number of nitrogens with two attached hydrogens (primary N) is 1. The van der Waals surface area contributed by atoms with Crippen LogP contribution in [0.2, 0.25) is 0 Å². The molecule has 0 spiro atoms. The van der Waals surface area contributed by atoms with E-state index in [1.54, 1.807) is 6.20 Å². The van der Waals surface area contributed by atoms with Gasteiger partial charge in [0, 0.05) is 12.1 Å². The predicted molar refractivity (Wildman–Crippen MR) is 112 cm³/mol. The minimum atomic E-state index is -0.506. The second kappa shape index (κ2) is 8.25. The molecule has 3 aromatic rings. The first-order chi connectivity index (χ1) is 13.3. The number of hydrogen-bond donors (Lipinski definition) is 2. The third-order valence-corrected chi connectivity index (χ3v) is 4.18. The number of alkyl carbamates (subject to hydrolysis) is 1. The Bertz CT molecular complexity index is 980. The summed E-state index contributed by atoms with van der Waals surface area (Å²) < 4.78 is 5.22. The second-order valence-corrected chi connectivity index (χ2v) is 7.68. The van der Waals surface area contributed by atoms with Crippen molar-refractivity contribution in [3.8, 4) is 11.3 Å². The molecule has 0 fully saturated rings. The van der Waals surface area contributed by atoms with Crippen LogP contribution >= 0.6 is 0 Å². The summed E-state index contributed by atoms with van der Waals surface area (Å²) in [5.41, 5.74) is 8.01. The molecule has 0 aliphatic carbocycles. The summed E-state index contributed by atoms with van der Waals surface area (Å²) in [6.07, 6.45) is 2.59. The van der Waals surface area contributed by atoms with E-state index in [0.29, 0.717) is 25.2 Å². The first kappa shape index (κ1) is 19.6. The predicted octanol–water partition coefficient (Wildman–Crippen LogP) is 4.34. The van der Waals surface area contributed by atoms with E-state index in [9.17, 15) is 4.79 Å². The molecule has 2 aromatic carbocycles. The third-order valence-electron chi connectivity index (χ3n) is 4.18. The number of rotatable bonds is 5. The third kappa shape index (κ3) is 5.19. The van der Waals surface area contributed by atoms with Crippen LogP contribution in [0.1, 0.15) is 32.9 Å². The number of fused-ring (bicyclic) bond motifs is 1. The zero-order valence-corrected chi connectivity index (χ0v) is 16.5. The van der Waals surface area contributed by atoms with Gasteiger partial charge in [0.05, 0.1) is 17.6 Å². The lowest BCUT2D eigenvalue weighted by Crippen LogP contribution is -2.33. The summed E-state index contributed by atoms with van der Waals surface area (Å²) in [5, 5.41) is 5.08. The van der Waals surface area contributed by atoms with Crippen molar-refractivity contribution in [2.24, 2.45) is 0 Å². The molecule has 146 valence electrons. The lowest BCUT2D eigenvalue weighted by atomic mass is 10.1. The van der Waals surface area contributed by atoms with Crippen molar-refractivity contribution in [3.05, 3.63) is 54.4 Å². The van der Waals surface area contributed by atoms with Crippen LogP contribution in [-0.2, 0) is 11.2 Å². The Balaban J connectivity index is 1.65. The van der Waals surface area contributed by atoms with Gasteiger partial charge in [-0.25, -0.2) is 14.8 Å². The van der Waals surface area contributed by atoms with Gasteiger partial charge in [0.2, 0.25) is 0 Å². The van der Waals surface area contributed by atoms with Gasteiger partial charge in [-0.2, -0.15) is 0 Å². The molecule has 28 heavy (non-hydrogen) atoms. The van der Waals surface area contributed by atoms with Crippen LogP contribution in [0.5, 0.6) is 0 Å². The van der Waals surface area contributed by atoms with Crippen molar-refractivity contribution in [2.75, 3.05) is 12.3 Å². The number of anilines is 1. The Kier molecular flexibility index (Phi) is 5.78. The molecule has 0 atom stereocenters. The van der Waals surface area contributed by atoms with Crippen molar-refractivity contribution < 1.29 is 9.53 Å². The van der Waals surface area contributed by atoms with Crippen LogP contribution in [0.25, 0.3) is 22.0 Å². The van der Waals surface area contributed by atoms with E-state index in [-0.39, 0.29) is 0 Å². The van der Waals surface area contributed by atoms with E-state index >= 15 is 0 Å². The van der Waals surface area contributed by atoms with Gasteiger partial charge in [0.25, 0.3) is 0 Å². The van der Waals surface area contributed by atoms with Crippen molar-refractivity contribution in [2.45, 2.75) is 39.2 Å². The van der Waals surface area contributed by atoms with Crippen LogP contribution in [0, 0.1) is 0 Å². The van der Waals surface area contributed by atoms with Gasteiger partial charge in [0.1, 0.15) is 11.4 Å². The highest BCUT2D eigenvalue weighted by Crippen LogP contribution is 2.24. The van der Waals surface area contributed by atoms with E-state index in [1.807, 2.05) is 39.0 Å². The van der Waals surface area contributed by atoms with Crippen LogP contribution in [0.15, 0.2) is 48.7 Å². The van der Waals surface area contributed by atoms with Crippen molar-refractivity contribution in [3.63, 3.8) is 0 Å². The number of carbonyl (C=O) groups is 1. The summed E-state index contributed by atoms with van der Waals surface area (Å²) in [7, 11) is 0. The van der Waals surface area contributed by atoms with Crippen molar-refractivity contribution in [1.82, 2.24) is 15.3 Å². The van der Waals surface area contributed by atoms with Gasteiger partial charge in [-0.3, -0.25) is 0 Å². The lowest BCUT2D eigenvalue weighted by molar-refractivity contribution is 0.0527. The molecule has 0 aliphatic rings. The number of amides is 1. The average Bonchev–Trinajstić information content (AvgIpc) is 2.64. The van der Waals surface area contributed by atoms with Crippen LogP contribution in [0.4, 0.5) is 10.6 Å². The molecule has 1 heterocycles. The van der Waals surface area contributed by atoms with Gasteiger partial charge >= 0.3 is 6.09 Å². The lowest BCUT2D eigenvalue weighted by Gasteiger charge is -2.19. The smallest absolute Gasteiger partial charge is 0.407 e. The highest BCUT2D eigenvalue weighted by Gasteiger charge is 2.15. The first-order valence-electron chi connectivity index (χ1n) is 9.39.